The Morgan fingerprint density at radius 2 is 1.80 bits per heavy atom. The highest BCUT2D eigenvalue weighted by Gasteiger charge is 2.35. The molecule has 0 saturated heterocycles. The molecule has 35 heavy (non-hydrogen) atoms. The van der Waals surface area contributed by atoms with Gasteiger partial charge in [-0.2, -0.15) is 0 Å². The van der Waals surface area contributed by atoms with Crippen LogP contribution in [0.1, 0.15) is 58.2 Å². The van der Waals surface area contributed by atoms with Crippen LogP contribution in [0.25, 0.3) is 0 Å². The van der Waals surface area contributed by atoms with Crippen molar-refractivity contribution in [3.63, 3.8) is 0 Å². The van der Waals surface area contributed by atoms with Crippen LogP contribution in [0, 0.1) is 6.92 Å². The fourth-order valence-electron chi connectivity index (χ4n) is 3.55. The number of amides is 3. The summed E-state index contributed by atoms with van der Waals surface area (Å²) in [4.78, 5) is 40.8. The molecule has 2 aromatic carbocycles. The van der Waals surface area contributed by atoms with Gasteiger partial charge in [-0.15, -0.1) is 0 Å². The molecule has 0 aliphatic heterocycles. The molecule has 2 unspecified atom stereocenters. The predicted octanol–water partition coefficient (Wildman–Crippen LogP) is 5.19. The van der Waals surface area contributed by atoms with Gasteiger partial charge in [0.15, 0.2) is 0 Å². The lowest BCUT2D eigenvalue weighted by Crippen LogP contribution is -2.51. The molecule has 0 bridgehead atoms. The molecule has 9 heteroatoms. The van der Waals surface area contributed by atoms with E-state index in [0.29, 0.717) is 22.7 Å². The zero-order chi connectivity index (χ0) is 26.3. The zero-order valence-corrected chi connectivity index (χ0v) is 21.8. The number of phenolic OH excluding ortho intramolecular Hbond substituents is 1. The molecule has 2 rings (SSSR count). The number of hydrogen-bond acceptors (Lipinski definition) is 5. The Labute approximate surface area is 211 Å². The molecule has 0 heterocycles. The van der Waals surface area contributed by atoms with Crippen LogP contribution in [0.15, 0.2) is 42.5 Å². The molecule has 190 valence electrons. The summed E-state index contributed by atoms with van der Waals surface area (Å²) in [6.45, 7) is 10.6. The second kappa shape index (κ2) is 11.9. The van der Waals surface area contributed by atoms with Gasteiger partial charge in [0.25, 0.3) is 5.91 Å². The first-order chi connectivity index (χ1) is 16.3. The van der Waals surface area contributed by atoms with E-state index in [-0.39, 0.29) is 12.3 Å². The molecule has 0 aromatic heterocycles. The Balaban J connectivity index is 2.43. The first-order valence-corrected chi connectivity index (χ1v) is 11.9. The molecule has 3 amide bonds. The van der Waals surface area contributed by atoms with E-state index in [9.17, 15) is 19.5 Å². The number of para-hydroxylation sites is 1. The highest BCUT2D eigenvalue weighted by Crippen LogP contribution is 2.30. The van der Waals surface area contributed by atoms with Crippen LogP contribution in [0.4, 0.5) is 10.5 Å². The minimum Gasteiger partial charge on any atom is -0.508 e. The van der Waals surface area contributed by atoms with Gasteiger partial charge in [-0.25, -0.2) is 4.79 Å². The Bertz CT molecular complexity index is 1050. The number of rotatable bonds is 8. The second-order valence-electron chi connectivity index (χ2n) is 9.32. The molecule has 2 aromatic rings. The van der Waals surface area contributed by atoms with Gasteiger partial charge in [-0.3, -0.25) is 9.59 Å². The molecule has 0 aliphatic rings. The summed E-state index contributed by atoms with van der Waals surface area (Å²) in [7, 11) is 0. The maximum Gasteiger partial charge on any atom is 0.408 e. The van der Waals surface area contributed by atoms with Crippen LogP contribution in [-0.2, 0) is 14.3 Å². The Morgan fingerprint density at radius 3 is 2.37 bits per heavy atom. The van der Waals surface area contributed by atoms with Crippen molar-refractivity contribution in [2.24, 2.45) is 0 Å². The highest BCUT2D eigenvalue weighted by atomic mass is 35.5. The van der Waals surface area contributed by atoms with E-state index in [4.69, 9.17) is 16.3 Å². The van der Waals surface area contributed by atoms with E-state index in [1.54, 1.807) is 45.0 Å². The molecule has 0 radical (unpaired) electrons. The summed E-state index contributed by atoms with van der Waals surface area (Å²) in [5.41, 5.74) is 0.882. The number of aromatic hydroxyl groups is 1. The normalized spacial score (nSPS) is 12.9. The number of halogens is 1. The van der Waals surface area contributed by atoms with Crippen LogP contribution < -0.4 is 10.6 Å². The van der Waals surface area contributed by atoms with Crippen molar-refractivity contribution < 1.29 is 24.2 Å². The molecule has 8 nitrogen and oxygen atoms in total. The van der Waals surface area contributed by atoms with Gasteiger partial charge >= 0.3 is 6.09 Å². The lowest BCUT2D eigenvalue weighted by molar-refractivity contribution is -0.140. The number of phenols is 1. The van der Waals surface area contributed by atoms with Gasteiger partial charge in [0, 0.05) is 6.54 Å². The predicted molar refractivity (Wildman–Crippen MR) is 137 cm³/mol. The minimum atomic E-state index is -1.09. The van der Waals surface area contributed by atoms with Crippen LogP contribution in [0.5, 0.6) is 5.75 Å². The molecule has 0 fully saturated rings. The SMILES string of the molecule is CCCN(C(=O)C(C)NC(=O)OC(C)(C)C)C(C(=O)Nc1c(C)cccc1Cl)c1cccc(O)c1. The molecule has 0 saturated carbocycles. The zero-order valence-electron chi connectivity index (χ0n) is 21.0. The van der Waals surface area contributed by atoms with Gasteiger partial charge in [0.05, 0.1) is 10.7 Å². The van der Waals surface area contributed by atoms with Crippen molar-refractivity contribution in [1.29, 1.82) is 0 Å². The van der Waals surface area contributed by atoms with Crippen molar-refractivity contribution in [3.05, 3.63) is 58.6 Å². The number of carbonyl (C=O) groups excluding carboxylic acids is 3. The smallest absolute Gasteiger partial charge is 0.408 e. The van der Waals surface area contributed by atoms with E-state index >= 15 is 0 Å². The maximum absolute atomic E-state index is 13.6. The first-order valence-electron chi connectivity index (χ1n) is 11.5. The highest BCUT2D eigenvalue weighted by molar-refractivity contribution is 6.34. The van der Waals surface area contributed by atoms with Gasteiger partial charge in [0.2, 0.25) is 5.91 Å². The summed E-state index contributed by atoms with van der Waals surface area (Å²) in [5, 5.41) is 15.8. The number of anilines is 1. The van der Waals surface area contributed by atoms with Crippen LogP contribution in [0.3, 0.4) is 0 Å². The van der Waals surface area contributed by atoms with Gasteiger partial charge in [-0.05, 0) is 70.4 Å². The standard InChI is InChI=1S/C26H34ClN3O5/c1-7-14-30(24(33)17(3)28-25(34)35-26(4,5)6)22(18-11-9-12-19(31)15-18)23(32)29-21-16(2)10-8-13-20(21)27/h8-13,15,17,22,31H,7,14H2,1-6H3,(H,28,34)(H,29,32). The van der Waals surface area contributed by atoms with Gasteiger partial charge in [-0.1, -0.05) is 42.8 Å². The number of benzene rings is 2. The topological polar surface area (TPSA) is 108 Å². The molecule has 3 N–H and O–H groups in total. The van der Waals surface area contributed by atoms with E-state index in [1.807, 2.05) is 19.9 Å². The Hall–Kier alpha value is -3.26. The van der Waals surface area contributed by atoms with Crippen LogP contribution >= 0.6 is 11.6 Å². The average Bonchev–Trinajstić information content (AvgIpc) is 2.74. The third kappa shape index (κ3) is 7.89. The fraction of sp³-hybridized carbons (Fsp3) is 0.423. The van der Waals surface area contributed by atoms with Gasteiger partial charge < -0.3 is 25.4 Å². The number of hydrogen-bond donors (Lipinski definition) is 3. The van der Waals surface area contributed by atoms with Crippen LogP contribution in [0.2, 0.25) is 5.02 Å². The monoisotopic (exact) mass is 503 g/mol. The van der Waals surface area contributed by atoms with Crippen molar-refractivity contribution >= 4 is 35.2 Å². The molecule has 0 aliphatic carbocycles. The summed E-state index contributed by atoms with van der Waals surface area (Å²) in [6.07, 6.45) is -0.182. The van der Waals surface area contributed by atoms with Crippen molar-refractivity contribution in [2.45, 2.75) is 65.6 Å². The van der Waals surface area contributed by atoms with E-state index in [0.717, 1.165) is 5.56 Å². The number of carbonyl (C=O) groups is 3. The van der Waals surface area contributed by atoms with Crippen LogP contribution in [-0.4, -0.2) is 46.1 Å². The van der Waals surface area contributed by atoms with E-state index in [2.05, 4.69) is 10.6 Å². The summed E-state index contributed by atoms with van der Waals surface area (Å²) in [6, 6.07) is 9.37. The number of aryl methyl sites for hydroxylation is 1. The summed E-state index contributed by atoms with van der Waals surface area (Å²) in [5.74, 6) is -1.02. The van der Waals surface area contributed by atoms with E-state index < -0.39 is 35.6 Å². The third-order valence-corrected chi connectivity index (χ3v) is 5.38. The number of nitrogens with zero attached hydrogens (tertiary/aromatic N) is 1. The molecule has 2 atom stereocenters. The number of alkyl carbamates (subject to hydrolysis) is 1. The maximum atomic E-state index is 13.6. The fourth-order valence-corrected chi connectivity index (χ4v) is 3.82. The lowest BCUT2D eigenvalue weighted by Gasteiger charge is -2.33. The van der Waals surface area contributed by atoms with Gasteiger partial charge in [0.1, 0.15) is 23.4 Å². The number of nitrogens with one attached hydrogen (secondary N) is 2. The average molecular weight is 504 g/mol. The lowest BCUT2D eigenvalue weighted by atomic mass is 10.0. The first kappa shape index (κ1) is 28.0. The van der Waals surface area contributed by atoms with Crippen molar-refractivity contribution in [1.82, 2.24) is 10.2 Å². The number of ether oxygens (including phenoxy) is 1. The van der Waals surface area contributed by atoms with Crippen molar-refractivity contribution in [2.75, 3.05) is 11.9 Å². The molecular weight excluding hydrogens is 470 g/mol. The molecular formula is C26H34ClN3O5. The largest absolute Gasteiger partial charge is 0.508 e. The Kier molecular flexibility index (Phi) is 9.54. The summed E-state index contributed by atoms with van der Waals surface area (Å²) < 4.78 is 5.26. The second-order valence-corrected chi connectivity index (χ2v) is 9.73. The minimum absolute atomic E-state index is 0.0435. The quantitative estimate of drug-likeness (QED) is 0.459. The third-order valence-electron chi connectivity index (χ3n) is 5.07. The summed E-state index contributed by atoms with van der Waals surface area (Å²) >= 11 is 6.32. The van der Waals surface area contributed by atoms with Crippen molar-refractivity contribution in [3.8, 4) is 5.75 Å². The molecule has 0 spiro atoms. The van der Waals surface area contributed by atoms with E-state index in [1.165, 1.54) is 24.0 Å². The Morgan fingerprint density at radius 1 is 1.14 bits per heavy atom.